The van der Waals surface area contributed by atoms with E-state index in [9.17, 15) is 4.21 Å². The highest BCUT2D eigenvalue weighted by atomic mass is 32.2. The first kappa shape index (κ1) is 20.1. The van der Waals surface area contributed by atoms with Crippen molar-refractivity contribution in [3.63, 3.8) is 0 Å². The third-order valence-corrected chi connectivity index (χ3v) is 6.67. The van der Waals surface area contributed by atoms with Crippen molar-refractivity contribution in [1.29, 1.82) is 0 Å². The Morgan fingerprint density at radius 2 is 1.79 bits per heavy atom. The molecule has 2 aromatic carbocycles. The molecule has 4 rings (SSSR count). The fourth-order valence-electron chi connectivity index (χ4n) is 3.99. The average Bonchev–Trinajstić information content (AvgIpc) is 2.77. The topological polar surface area (TPSA) is 38.8 Å². The van der Waals surface area contributed by atoms with E-state index in [1.165, 1.54) is 16.7 Å². The SMILES string of the molecule is COC1CC=C(C)C(CN2CCc3ccccc3C2)=C1OS(=O)c1ccccc1. The van der Waals surface area contributed by atoms with Gasteiger partial charge in [-0.1, -0.05) is 48.5 Å². The number of methoxy groups -OCH3 is 1. The quantitative estimate of drug-likeness (QED) is 0.709. The average molecular weight is 410 g/mol. The van der Waals surface area contributed by atoms with Crippen LogP contribution in [0.2, 0.25) is 0 Å². The Bertz CT molecular complexity index is 952. The molecule has 0 amide bonds. The highest BCUT2D eigenvalue weighted by Gasteiger charge is 2.29. The second kappa shape index (κ2) is 9.08. The summed E-state index contributed by atoms with van der Waals surface area (Å²) < 4.78 is 24.6. The van der Waals surface area contributed by atoms with Gasteiger partial charge in [0.15, 0.2) is 5.76 Å². The van der Waals surface area contributed by atoms with Gasteiger partial charge in [0, 0.05) is 32.3 Å². The number of hydrogen-bond acceptors (Lipinski definition) is 4. The van der Waals surface area contributed by atoms with Gasteiger partial charge in [-0.15, -0.1) is 0 Å². The van der Waals surface area contributed by atoms with Crippen molar-refractivity contribution in [3.05, 3.63) is 88.7 Å². The molecule has 5 heteroatoms. The standard InChI is InChI=1S/C24H27NO3S/c1-18-12-13-23(27-2)24(28-29(26)21-10-4-3-5-11-21)22(18)17-25-15-14-19-8-6-7-9-20(19)16-25/h3-12,23H,13-17H2,1-2H3. The number of fused-ring (bicyclic) bond motifs is 1. The summed E-state index contributed by atoms with van der Waals surface area (Å²) >= 11 is -1.57. The molecule has 0 spiro atoms. The van der Waals surface area contributed by atoms with Gasteiger partial charge in [-0.2, -0.15) is 0 Å². The molecule has 0 N–H and O–H groups in total. The summed E-state index contributed by atoms with van der Waals surface area (Å²) in [4.78, 5) is 3.09. The fourth-order valence-corrected chi connectivity index (χ4v) is 4.83. The molecule has 2 aliphatic rings. The molecule has 0 aromatic heterocycles. The molecule has 0 fully saturated rings. The van der Waals surface area contributed by atoms with Crippen LogP contribution in [0.1, 0.15) is 24.5 Å². The molecular formula is C24H27NO3S. The molecule has 2 unspecified atom stereocenters. The second-order valence-corrected chi connectivity index (χ2v) is 8.66. The molecule has 0 saturated carbocycles. The van der Waals surface area contributed by atoms with Crippen LogP contribution in [0.4, 0.5) is 0 Å². The minimum absolute atomic E-state index is 0.210. The van der Waals surface area contributed by atoms with Crippen LogP contribution in [0, 0.1) is 0 Å². The maximum Gasteiger partial charge on any atom is 0.240 e. The van der Waals surface area contributed by atoms with Crippen molar-refractivity contribution in [2.75, 3.05) is 20.2 Å². The maximum atomic E-state index is 12.8. The molecule has 1 aliphatic carbocycles. The summed E-state index contributed by atoms with van der Waals surface area (Å²) in [5, 5.41) is 0. The molecule has 0 bridgehead atoms. The number of nitrogens with zero attached hydrogens (tertiary/aromatic N) is 1. The van der Waals surface area contributed by atoms with E-state index in [1.54, 1.807) is 7.11 Å². The summed E-state index contributed by atoms with van der Waals surface area (Å²) in [6, 6.07) is 17.9. The van der Waals surface area contributed by atoms with Crippen molar-refractivity contribution in [1.82, 2.24) is 4.90 Å². The Morgan fingerprint density at radius 1 is 1.07 bits per heavy atom. The highest BCUT2D eigenvalue weighted by Crippen LogP contribution is 2.31. The van der Waals surface area contributed by atoms with Gasteiger partial charge >= 0.3 is 0 Å². The van der Waals surface area contributed by atoms with E-state index >= 15 is 0 Å². The first-order chi connectivity index (χ1) is 14.2. The van der Waals surface area contributed by atoms with E-state index in [0.29, 0.717) is 10.7 Å². The van der Waals surface area contributed by atoms with E-state index < -0.39 is 11.1 Å². The van der Waals surface area contributed by atoms with Crippen LogP contribution in [-0.2, 0) is 33.0 Å². The lowest BCUT2D eigenvalue weighted by molar-refractivity contribution is 0.0992. The number of ether oxygens (including phenoxy) is 1. The van der Waals surface area contributed by atoms with Crippen LogP contribution in [-0.4, -0.2) is 35.4 Å². The van der Waals surface area contributed by atoms with E-state index in [1.807, 2.05) is 30.3 Å². The lowest BCUT2D eigenvalue weighted by atomic mass is 9.93. The summed E-state index contributed by atoms with van der Waals surface area (Å²) in [6.07, 6.45) is 3.76. The zero-order chi connectivity index (χ0) is 20.2. The molecule has 1 aliphatic heterocycles. The zero-order valence-electron chi connectivity index (χ0n) is 17.0. The van der Waals surface area contributed by atoms with Gasteiger partial charge in [0.1, 0.15) is 6.10 Å². The third kappa shape index (κ3) is 4.53. The largest absolute Gasteiger partial charge is 0.398 e. The predicted molar refractivity (Wildman–Crippen MR) is 116 cm³/mol. The van der Waals surface area contributed by atoms with Gasteiger partial charge in [-0.05, 0) is 48.6 Å². The van der Waals surface area contributed by atoms with Crippen LogP contribution in [0.25, 0.3) is 0 Å². The summed E-state index contributed by atoms with van der Waals surface area (Å²) in [6.45, 7) is 4.78. The minimum Gasteiger partial charge on any atom is -0.398 e. The Labute approximate surface area is 175 Å². The first-order valence-corrected chi connectivity index (χ1v) is 11.1. The van der Waals surface area contributed by atoms with Crippen LogP contribution < -0.4 is 0 Å². The Morgan fingerprint density at radius 3 is 2.55 bits per heavy atom. The number of rotatable bonds is 6. The summed E-state index contributed by atoms with van der Waals surface area (Å²) in [5.74, 6) is 0.702. The van der Waals surface area contributed by atoms with Crippen molar-refractivity contribution < 1.29 is 13.1 Å². The monoisotopic (exact) mass is 409 g/mol. The van der Waals surface area contributed by atoms with Crippen molar-refractivity contribution >= 4 is 11.1 Å². The molecule has 29 heavy (non-hydrogen) atoms. The van der Waals surface area contributed by atoms with Crippen LogP contribution in [0.15, 0.2) is 82.5 Å². The van der Waals surface area contributed by atoms with Crippen molar-refractivity contribution in [3.8, 4) is 0 Å². The van der Waals surface area contributed by atoms with Crippen molar-refractivity contribution in [2.45, 2.75) is 37.3 Å². The Kier molecular flexibility index (Phi) is 6.28. The van der Waals surface area contributed by atoms with Gasteiger partial charge in [-0.3, -0.25) is 4.90 Å². The van der Waals surface area contributed by atoms with Gasteiger partial charge in [0.05, 0.1) is 4.90 Å². The van der Waals surface area contributed by atoms with Gasteiger partial charge < -0.3 is 8.92 Å². The van der Waals surface area contributed by atoms with Crippen LogP contribution in [0.3, 0.4) is 0 Å². The van der Waals surface area contributed by atoms with Gasteiger partial charge in [0.25, 0.3) is 0 Å². The lowest BCUT2D eigenvalue weighted by Crippen LogP contribution is -2.34. The first-order valence-electron chi connectivity index (χ1n) is 10.0. The van der Waals surface area contributed by atoms with E-state index in [2.05, 4.69) is 42.2 Å². The Balaban J connectivity index is 1.59. The molecule has 0 radical (unpaired) electrons. The van der Waals surface area contributed by atoms with E-state index in [0.717, 1.165) is 38.0 Å². The predicted octanol–water partition coefficient (Wildman–Crippen LogP) is 4.40. The number of benzene rings is 2. The molecule has 4 nitrogen and oxygen atoms in total. The fraction of sp³-hybridized carbons (Fsp3) is 0.333. The molecule has 2 aromatic rings. The lowest BCUT2D eigenvalue weighted by Gasteiger charge is -2.32. The molecule has 1 heterocycles. The Hall–Kier alpha value is -2.21. The van der Waals surface area contributed by atoms with E-state index in [4.69, 9.17) is 8.92 Å². The van der Waals surface area contributed by atoms with Gasteiger partial charge in [-0.25, -0.2) is 4.21 Å². The summed E-state index contributed by atoms with van der Waals surface area (Å²) in [5.41, 5.74) is 5.09. The van der Waals surface area contributed by atoms with Crippen LogP contribution in [0.5, 0.6) is 0 Å². The van der Waals surface area contributed by atoms with Crippen LogP contribution >= 0.6 is 0 Å². The molecular weight excluding hydrogens is 382 g/mol. The van der Waals surface area contributed by atoms with Crippen molar-refractivity contribution in [2.24, 2.45) is 0 Å². The maximum absolute atomic E-state index is 12.8. The third-order valence-electron chi connectivity index (χ3n) is 5.68. The summed E-state index contributed by atoms with van der Waals surface area (Å²) in [7, 11) is 1.68. The molecule has 2 atom stereocenters. The van der Waals surface area contributed by atoms with E-state index in [-0.39, 0.29) is 6.10 Å². The molecule has 0 saturated heterocycles. The molecule has 152 valence electrons. The zero-order valence-corrected chi connectivity index (χ0v) is 17.8. The minimum atomic E-state index is -1.57. The van der Waals surface area contributed by atoms with Gasteiger partial charge in [0.2, 0.25) is 11.1 Å². The normalized spacial score (nSPS) is 20.8. The highest BCUT2D eigenvalue weighted by molar-refractivity contribution is 7.80. The second-order valence-electron chi connectivity index (χ2n) is 7.55. The smallest absolute Gasteiger partial charge is 0.240 e. The number of hydrogen-bond donors (Lipinski definition) is 0.